The molecule has 0 aliphatic rings. The number of pyridine rings is 3. The molecule has 0 fully saturated rings. The first-order valence-electron chi connectivity index (χ1n) is 9.11. The van der Waals surface area contributed by atoms with E-state index in [4.69, 9.17) is 10.5 Å². The van der Waals surface area contributed by atoms with Crippen LogP contribution in [-0.4, -0.2) is 32.0 Å². The first kappa shape index (κ1) is 18.5. The van der Waals surface area contributed by atoms with E-state index in [0.29, 0.717) is 12.3 Å². The van der Waals surface area contributed by atoms with Crippen LogP contribution in [0.25, 0.3) is 0 Å². The van der Waals surface area contributed by atoms with Crippen LogP contribution in [-0.2, 0) is 11.8 Å². The fourth-order valence-electron chi connectivity index (χ4n) is 3.57. The maximum absolute atomic E-state index is 5.86. The Labute approximate surface area is 168 Å². The van der Waals surface area contributed by atoms with Crippen molar-refractivity contribution in [3.05, 3.63) is 102 Å². The Bertz CT molecular complexity index is 1030. The van der Waals surface area contributed by atoms with Crippen LogP contribution in [0.3, 0.4) is 0 Å². The summed E-state index contributed by atoms with van der Waals surface area (Å²) in [6.07, 6.45) is 11.3. The van der Waals surface area contributed by atoms with Gasteiger partial charge in [-0.1, -0.05) is 18.2 Å². The zero-order valence-corrected chi connectivity index (χ0v) is 15.9. The molecule has 4 aromatic rings. The lowest BCUT2D eigenvalue weighted by molar-refractivity contribution is 0.397. The topological polar surface area (TPSA) is 99.7 Å². The highest BCUT2D eigenvalue weighted by Crippen LogP contribution is 2.41. The van der Waals surface area contributed by atoms with E-state index in [-0.39, 0.29) is 5.95 Å². The van der Waals surface area contributed by atoms with Gasteiger partial charge in [0.1, 0.15) is 0 Å². The van der Waals surface area contributed by atoms with E-state index in [1.807, 2.05) is 48.9 Å². The SMILES string of the molecule is COc1ccc(C(Cc2ccnc(N)n2)(c2cccnc2)c2cccnc2)cn1. The lowest BCUT2D eigenvalue weighted by Gasteiger charge is -2.35. The van der Waals surface area contributed by atoms with Crippen LogP contribution in [0.15, 0.2) is 79.6 Å². The minimum atomic E-state index is -0.622. The van der Waals surface area contributed by atoms with Crippen molar-refractivity contribution in [2.24, 2.45) is 0 Å². The summed E-state index contributed by atoms with van der Waals surface area (Å²) in [6, 6.07) is 13.7. The molecule has 4 aromatic heterocycles. The number of hydrogen-bond donors (Lipinski definition) is 1. The van der Waals surface area contributed by atoms with E-state index in [0.717, 1.165) is 22.4 Å². The van der Waals surface area contributed by atoms with E-state index >= 15 is 0 Å². The Balaban J connectivity index is 1.99. The summed E-state index contributed by atoms with van der Waals surface area (Å²) in [4.78, 5) is 21.7. The van der Waals surface area contributed by atoms with Gasteiger partial charge in [-0.05, 0) is 34.9 Å². The van der Waals surface area contributed by atoms with Crippen LogP contribution in [0.1, 0.15) is 22.4 Å². The third kappa shape index (κ3) is 3.62. The van der Waals surface area contributed by atoms with Gasteiger partial charge in [-0.15, -0.1) is 0 Å². The molecule has 0 aromatic carbocycles. The Morgan fingerprint density at radius 3 is 2.03 bits per heavy atom. The predicted octanol–water partition coefficient (Wildman–Crippen LogP) is 2.83. The third-order valence-electron chi connectivity index (χ3n) is 4.93. The van der Waals surface area contributed by atoms with E-state index in [1.54, 1.807) is 25.7 Å². The number of hydrogen-bond acceptors (Lipinski definition) is 7. The van der Waals surface area contributed by atoms with Gasteiger partial charge >= 0.3 is 0 Å². The molecule has 0 radical (unpaired) electrons. The fourth-order valence-corrected chi connectivity index (χ4v) is 3.57. The Morgan fingerprint density at radius 2 is 1.52 bits per heavy atom. The summed E-state index contributed by atoms with van der Waals surface area (Å²) in [5.41, 5.74) is 9.00. The first-order chi connectivity index (χ1) is 14.2. The molecule has 0 aliphatic heterocycles. The van der Waals surface area contributed by atoms with Crippen LogP contribution in [0.2, 0.25) is 0 Å². The maximum atomic E-state index is 5.86. The van der Waals surface area contributed by atoms with Crippen molar-refractivity contribution >= 4 is 5.95 Å². The molecule has 7 heteroatoms. The molecule has 4 rings (SSSR count). The molecule has 7 nitrogen and oxygen atoms in total. The summed E-state index contributed by atoms with van der Waals surface area (Å²) in [5, 5.41) is 0. The minimum Gasteiger partial charge on any atom is -0.481 e. The van der Waals surface area contributed by atoms with Crippen LogP contribution in [0, 0.1) is 0 Å². The van der Waals surface area contributed by atoms with Crippen molar-refractivity contribution in [2.75, 3.05) is 12.8 Å². The monoisotopic (exact) mass is 384 g/mol. The quantitative estimate of drug-likeness (QED) is 0.545. The Morgan fingerprint density at radius 1 is 0.828 bits per heavy atom. The fraction of sp³-hybridized carbons (Fsp3) is 0.136. The van der Waals surface area contributed by atoms with Gasteiger partial charge in [0.05, 0.1) is 12.5 Å². The Hall–Kier alpha value is -3.87. The van der Waals surface area contributed by atoms with E-state index < -0.39 is 5.41 Å². The summed E-state index contributed by atoms with van der Waals surface area (Å²) in [5.74, 6) is 0.785. The van der Waals surface area contributed by atoms with Gasteiger partial charge in [0.25, 0.3) is 0 Å². The number of anilines is 1. The molecule has 144 valence electrons. The van der Waals surface area contributed by atoms with Crippen molar-refractivity contribution in [1.29, 1.82) is 0 Å². The number of nitrogens with two attached hydrogens (primary N) is 1. The number of nitrogens with zero attached hydrogens (tertiary/aromatic N) is 5. The molecule has 0 saturated heterocycles. The normalized spacial score (nSPS) is 11.2. The second-order valence-corrected chi connectivity index (χ2v) is 6.56. The van der Waals surface area contributed by atoms with E-state index in [1.165, 1.54) is 0 Å². The van der Waals surface area contributed by atoms with Crippen LogP contribution in [0.4, 0.5) is 5.95 Å². The Kier molecular flexibility index (Phi) is 5.11. The second-order valence-electron chi connectivity index (χ2n) is 6.56. The number of ether oxygens (including phenoxy) is 1. The lowest BCUT2D eigenvalue weighted by atomic mass is 9.68. The molecule has 29 heavy (non-hydrogen) atoms. The molecule has 2 N–H and O–H groups in total. The molecule has 0 amide bonds. The van der Waals surface area contributed by atoms with Crippen molar-refractivity contribution in [3.8, 4) is 5.88 Å². The average molecular weight is 384 g/mol. The highest BCUT2D eigenvalue weighted by Gasteiger charge is 2.38. The number of methoxy groups -OCH3 is 1. The molecular weight excluding hydrogens is 364 g/mol. The number of aromatic nitrogens is 5. The molecule has 0 unspecified atom stereocenters. The van der Waals surface area contributed by atoms with Gasteiger partial charge in [-0.25, -0.2) is 15.0 Å². The molecule has 0 aliphatic carbocycles. The van der Waals surface area contributed by atoms with E-state index in [9.17, 15) is 0 Å². The zero-order chi connectivity index (χ0) is 20.1. The van der Waals surface area contributed by atoms with Gasteiger partial charge in [0, 0.05) is 55.4 Å². The van der Waals surface area contributed by atoms with Crippen molar-refractivity contribution < 1.29 is 4.74 Å². The number of nitrogen functional groups attached to an aromatic ring is 1. The highest BCUT2D eigenvalue weighted by atomic mass is 16.5. The second kappa shape index (κ2) is 8.02. The standard InChI is InChI=1S/C22H20N6O/c1-29-20-7-6-18(15-27-20)22(16-4-2-9-24-13-16,17-5-3-10-25-14-17)12-19-8-11-26-21(23)28-19/h2-11,13-15H,12H2,1H3,(H2,23,26,28). The van der Waals surface area contributed by atoms with Crippen molar-refractivity contribution in [1.82, 2.24) is 24.9 Å². The van der Waals surface area contributed by atoms with Gasteiger partial charge in [-0.2, -0.15) is 0 Å². The lowest BCUT2D eigenvalue weighted by Crippen LogP contribution is -2.33. The van der Waals surface area contributed by atoms with Crippen molar-refractivity contribution in [3.63, 3.8) is 0 Å². The summed E-state index contributed by atoms with van der Waals surface area (Å²) in [6.45, 7) is 0. The van der Waals surface area contributed by atoms with Gasteiger partial charge in [0.2, 0.25) is 11.8 Å². The van der Waals surface area contributed by atoms with Gasteiger partial charge < -0.3 is 10.5 Å². The van der Waals surface area contributed by atoms with E-state index in [2.05, 4.69) is 37.1 Å². The molecule has 0 bridgehead atoms. The predicted molar refractivity (Wildman–Crippen MR) is 109 cm³/mol. The van der Waals surface area contributed by atoms with Crippen molar-refractivity contribution in [2.45, 2.75) is 11.8 Å². The summed E-state index contributed by atoms with van der Waals surface area (Å²) < 4.78 is 5.25. The third-order valence-corrected chi connectivity index (χ3v) is 4.93. The molecular formula is C22H20N6O. The van der Waals surface area contributed by atoms with Gasteiger partial charge in [0.15, 0.2) is 0 Å². The average Bonchev–Trinajstić information content (AvgIpc) is 2.79. The molecule has 4 heterocycles. The number of rotatable bonds is 6. The molecule has 0 spiro atoms. The zero-order valence-electron chi connectivity index (χ0n) is 15.9. The molecule has 0 saturated carbocycles. The summed E-state index contributed by atoms with van der Waals surface area (Å²) in [7, 11) is 1.60. The highest BCUT2D eigenvalue weighted by molar-refractivity contribution is 5.50. The first-order valence-corrected chi connectivity index (χ1v) is 9.11. The van der Waals surface area contributed by atoms with Crippen LogP contribution >= 0.6 is 0 Å². The minimum absolute atomic E-state index is 0.238. The largest absolute Gasteiger partial charge is 0.481 e. The smallest absolute Gasteiger partial charge is 0.220 e. The van der Waals surface area contributed by atoms with Crippen LogP contribution < -0.4 is 10.5 Å². The van der Waals surface area contributed by atoms with Gasteiger partial charge in [-0.3, -0.25) is 9.97 Å². The molecule has 0 atom stereocenters. The maximum Gasteiger partial charge on any atom is 0.220 e. The summed E-state index contributed by atoms with van der Waals surface area (Å²) >= 11 is 0. The van der Waals surface area contributed by atoms with Crippen LogP contribution in [0.5, 0.6) is 5.88 Å².